The Labute approximate surface area is 102 Å². The van der Waals surface area contributed by atoms with E-state index in [0.29, 0.717) is 25.0 Å². The molecule has 2 saturated carbocycles. The smallest absolute Gasteiger partial charge is 0.225 e. The average molecular weight is 236 g/mol. The van der Waals surface area contributed by atoms with Gasteiger partial charge in [0.25, 0.3) is 0 Å². The maximum atomic E-state index is 12.0. The van der Waals surface area contributed by atoms with Crippen LogP contribution in [0.2, 0.25) is 0 Å². The van der Waals surface area contributed by atoms with E-state index < -0.39 is 0 Å². The zero-order valence-electron chi connectivity index (χ0n) is 10.2. The Morgan fingerprint density at radius 3 is 2.53 bits per heavy atom. The Balaban J connectivity index is 1.53. The van der Waals surface area contributed by atoms with Crippen molar-refractivity contribution in [3.63, 3.8) is 0 Å². The zero-order valence-corrected chi connectivity index (χ0v) is 10.2. The summed E-state index contributed by atoms with van der Waals surface area (Å²) in [5, 5.41) is 3.10. The van der Waals surface area contributed by atoms with E-state index in [1.165, 1.54) is 12.8 Å². The molecule has 0 unspecified atom stereocenters. The quantitative estimate of drug-likeness (QED) is 0.796. The van der Waals surface area contributed by atoms with Crippen LogP contribution in [0.25, 0.3) is 0 Å². The summed E-state index contributed by atoms with van der Waals surface area (Å²) in [6.45, 7) is 0.655. The Hall–Kier alpha value is -1.06. The van der Waals surface area contributed by atoms with Crippen molar-refractivity contribution in [2.75, 3.05) is 6.54 Å². The molecule has 0 bridgehead atoms. The van der Waals surface area contributed by atoms with Crippen LogP contribution in [0.4, 0.5) is 0 Å². The molecule has 2 aliphatic carbocycles. The van der Waals surface area contributed by atoms with E-state index in [1.807, 2.05) is 4.90 Å². The van der Waals surface area contributed by atoms with Gasteiger partial charge in [0.05, 0.1) is 5.92 Å². The molecular weight excluding hydrogens is 216 g/mol. The Morgan fingerprint density at radius 1 is 1.18 bits per heavy atom. The predicted octanol–water partition coefficient (Wildman–Crippen LogP) is 1.06. The van der Waals surface area contributed by atoms with E-state index in [4.69, 9.17) is 0 Å². The van der Waals surface area contributed by atoms with Crippen molar-refractivity contribution in [3.05, 3.63) is 0 Å². The molecule has 4 heteroatoms. The molecule has 1 aliphatic heterocycles. The molecule has 0 aromatic heterocycles. The Morgan fingerprint density at radius 2 is 1.88 bits per heavy atom. The molecule has 1 atom stereocenters. The number of amides is 2. The van der Waals surface area contributed by atoms with E-state index in [-0.39, 0.29) is 17.7 Å². The molecule has 2 amide bonds. The molecule has 17 heavy (non-hydrogen) atoms. The topological polar surface area (TPSA) is 49.4 Å². The minimum atomic E-state index is -0.0938. The lowest BCUT2D eigenvalue weighted by Crippen LogP contribution is -2.38. The highest BCUT2D eigenvalue weighted by atomic mass is 16.2. The highest BCUT2D eigenvalue weighted by molar-refractivity contribution is 5.89. The number of nitrogens with zero attached hydrogens (tertiary/aromatic N) is 1. The maximum Gasteiger partial charge on any atom is 0.225 e. The summed E-state index contributed by atoms with van der Waals surface area (Å²) in [6, 6.07) is 0.819. The van der Waals surface area contributed by atoms with Crippen LogP contribution in [0.15, 0.2) is 0 Å². The number of nitrogens with one attached hydrogen (secondary N) is 1. The van der Waals surface area contributed by atoms with Gasteiger partial charge in [0.15, 0.2) is 0 Å². The molecule has 1 saturated heterocycles. The van der Waals surface area contributed by atoms with Gasteiger partial charge in [0, 0.05) is 25.0 Å². The third kappa shape index (κ3) is 2.31. The van der Waals surface area contributed by atoms with Gasteiger partial charge < -0.3 is 10.2 Å². The monoisotopic (exact) mass is 236 g/mol. The largest absolute Gasteiger partial charge is 0.353 e. The molecule has 94 valence electrons. The molecule has 3 aliphatic rings. The molecule has 3 rings (SSSR count). The highest BCUT2D eigenvalue weighted by Gasteiger charge is 2.42. The summed E-state index contributed by atoms with van der Waals surface area (Å²) in [5.74, 6) is 0.191. The van der Waals surface area contributed by atoms with Gasteiger partial charge in [-0.25, -0.2) is 0 Å². The van der Waals surface area contributed by atoms with E-state index in [1.54, 1.807) is 0 Å². The Kier molecular flexibility index (Phi) is 2.81. The number of rotatable bonds is 3. The first-order valence-electron chi connectivity index (χ1n) is 6.84. The van der Waals surface area contributed by atoms with E-state index in [0.717, 1.165) is 25.7 Å². The van der Waals surface area contributed by atoms with Gasteiger partial charge in [-0.05, 0) is 25.7 Å². The molecule has 0 aromatic rings. The van der Waals surface area contributed by atoms with Gasteiger partial charge in [-0.2, -0.15) is 0 Å². The first-order chi connectivity index (χ1) is 8.24. The van der Waals surface area contributed by atoms with Crippen LogP contribution in [-0.2, 0) is 9.59 Å². The standard InChI is InChI=1S/C13H20N2O2/c16-12-7-9(8-15(12)11-5-6-11)13(17)14-10-3-1-2-4-10/h9-11H,1-8H2,(H,14,17)/t9-/m1/s1. The van der Waals surface area contributed by atoms with Crippen molar-refractivity contribution in [1.29, 1.82) is 0 Å². The zero-order chi connectivity index (χ0) is 11.8. The predicted molar refractivity (Wildman–Crippen MR) is 63.2 cm³/mol. The third-order valence-electron chi connectivity index (χ3n) is 4.22. The molecule has 1 heterocycles. The van der Waals surface area contributed by atoms with Gasteiger partial charge in [-0.1, -0.05) is 12.8 Å². The summed E-state index contributed by atoms with van der Waals surface area (Å²) in [5.41, 5.74) is 0. The van der Waals surface area contributed by atoms with Crippen LogP contribution in [0.3, 0.4) is 0 Å². The molecule has 0 radical (unpaired) electrons. The minimum absolute atomic E-state index is 0.0938. The molecular formula is C13H20N2O2. The van der Waals surface area contributed by atoms with Crippen LogP contribution in [0.1, 0.15) is 44.9 Å². The first-order valence-corrected chi connectivity index (χ1v) is 6.84. The van der Waals surface area contributed by atoms with Gasteiger partial charge in [-0.15, -0.1) is 0 Å². The number of carbonyl (C=O) groups excluding carboxylic acids is 2. The van der Waals surface area contributed by atoms with E-state index >= 15 is 0 Å². The van der Waals surface area contributed by atoms with Crippen molar-refractivity contribution in [2.24, 2.45) is 5.92 Å². The van der Waals surface area contributed by atoms with Gasteiger partial charge in [-0.3, -0.25) is 9.59 Å². The minimum Gasteiger partial charge on any atom is -0.353 e. The van der Waals surface area contributed by atoms with Crippen LogP contribution in [-0.4, -0.2) is 35.3 Å². The van der Waals surface area contributed by atoms with E-state index in [9.17, 15) is 9.59 Å². The number of carbonyl (C=O) groups is 2. The van der Waals surface area contributed by atoms with Crippen molar-refractivity contribution in [3.8, 4) is 0 Å². The fraction of sp³-hybridized carbons (Fsp3) is 0.846. The average Bonchev–Trinajstić information content (AvgIpc) is 2.87. The fourth-order valence-electron chi connectivity index (χ4n) is 3.04. The molecule has 0 aromatic carbocycles. The number of likely N-dealkylation sites (tertiary alicyclic amines) is 1. The van der Waals surface area contributed by atoms with Crippen molar-refractivity contribution in [2.45, 2.75) is 57.0 Å². The molecule has 0 spiro atoms. The first kappa shape index (κ1) is 11.1. The lowest BCUT2D eigenvalue weighted by Gasteiger charge is -2.17. The van der Waals surface area contributed by atoms with Crippen molar-refractivity contribution in [1.82, 2.24) is 10.2 Å². The number of hydrogen-bond donors (Lipinski definition) is 1. The van der Waals surface area contributed by atoms with Crippen molar-refractivity contribution >= 4 is 11.8 Å². The molecule has 1 N–H and O–H groups in total. The summed E-state index contributed by atoms with van der Waals surface area (Å²) >= 11 is 0. The fourth-order valence-corrected chi connectivity index (χ4v) is 3.04. The summed E-state index contributed by atoms with van der Waals surface area (Å²) in [7, 11) is 0. The normalized spacial score (nSPS) is 30.0. The second-order valence-electron chi connectivity index (χ2n) is 5.67. The number of hydrogen-bond acceptors (Lipinski definition) is 2. The highest BCUT2D eigenvalue weighted by Crippen LogP contribution is 2.32. The van der Waals surface area contributed by atoms with Crippen LogP contribution < -0.4 is 5.32 Å². The van der Waals surface area contributed by atoms with Crippen LogP contribution in [0, 0.1) is 5.92 Å². The third-order valence-corrected chi connectivity index (χ3v) is 4.22. The SMILES string of the molecule is O=C(NC1CCCC1)[C@@H]1CC(=O)N(C2CC2)C1. The second kappa shape index (κ2) is 4.31. The summed E-state index contributed by atoms with van der Waals surface area (Å²) in [6.07, 6.45) is 7.35. The lowest BCUT2D eigenvalue weighted by atomic mass is 10.1. The maximum absolute atomic E-state index is 12.0. The lowest BCUT2D eigenvalue weighted by molar-refractivity contribution is -0.129. The second-order valence-corrected chi connectivity index (χ2v) is 5.67. The van der Waals surface area contributed by atoms with Gasteiger partial charge >= 0.3 is 0 Å². The summed E-state index contributed by atoms with van der Waals surface area (Å²) < 4.78 is 0. The van der Waals surface area contributed by atoms with Gasteiger partial charge in [0.1, 0.15) is 0 Å². The van der Waals surface area contributed by atoms with Crippen LogP contribution >= 0.6 is 0 Å². The summed E-state index contributed by atoms with van der Waals surface area (Å²) in [4.78, 5) is 25.7. The van der Waals surface area contributed by atoms with Crippen molar-refractivity contribution < 1.29 is 9.59 Å². The molecule has 4 nitrogen and oxygen atoms in total. The van der Waals surface area contributed by atoms with Gasteiger partial charge in [0.2, 0.25) is 11.8 Å². The van der Waals surface area contributed by atoms with Crippen LogP contribution in [0.5, 0.6) is 0 Å². The Bertz CT molecular complexity index is 332. The van der Waals surface area contributed by atoms with E-state index in [2.05, 4.69) is 5.32 Å². The molecule has 3 fully saturated rings.